The number of imidazole rings is 1. The van der Waals surface area contributed by atoms with Crippen LogP contribution in [0.4, 0.5) is 17.6 Å². The molecule has 4 aromatic rings. The Hall–Kier alpha value is -2.88. The van der Waals surface area contributed by atoms with Crippen LogP contribution in [0, 0.1) is 5.82 Å². The molecule has 1 aromatic carbocycles. The molecule has 5 nitrogen and oxygen atoms in total. The van der Waals surface area contributed by atoms with E-state index in [1.54, 1.807) is 41.1 Å². The van der Waals surface area contributed by atoms with Gasteiger partial charge in [0.2, 0.25) is 5.82 Å². The molecule has 0 atom stereocenters. The first-order chi connectivity index (χ1) is 12.9. The van der Waals surface area contributed by atoms with Gasteiger partial charge in [-0.3, -0.25) is 0 Å². The van der Waals surface area contributed by atoms with E-state index in [0.29, 0.717) is 17.0 Å². The van der Waals surface area contributed by atoms with Crippen LogP contribution < -0.4 is 0 Å². The van der Waals surface area contributed by atoms with E-state index < -0.39 is 12.1 Å². The average molecular weight is 394 g/mol. The summed E-state index contributed by atoms with van der Waals surface area (Å²) in [5.41, 5.74) is 1.77. The summed E-state index contributed by atoms with van der Waals surface area (Å²) in [6.45, 7) is 0. The second kappa shape index (κ2) is 6.69. The number of alkyl halides is 3. The SMILES string of the molecule is Fc1ccc(SCc2cn3cc(-c4noc(C(F)(F)F)n4)ccc3n2)cc1. The fraction of sp³-hybridized carbons (Fsp3) is 0.118. The van der Waals surface area contributed by atoms with E-state index >= 15 is 0 Å². The molecule has 0 aliphatic heterocycles. The molecule has 10 heteroatoms. The Morgan fingerprint density at radius 2 is 1.78 bits per heavy atom. The molecule has 0 amide bonds. The van der Waals surface area contributed by atoms with Gasteiger partial charge in [0.25, 0.3) is 0 Å². The molecule has 0 radical (unpaired) electrons. The molecule has 0 bridgehead atoms. The lowest BCUT2D eigenvalue weighted by Crippen LogP contribution is -2.04. The van der Waals surface area contributed by atoms with E-state index in [1.165, 1.54) is 23.9 Å². The van der Waals surface area contributed by atoms with Crippen molar-refractivity contribution in [2.75, 3.05) is 0 Å². The zero-order valence-corrected chi connectivity index (χ0v) is 14.3. The van der Waals surface area contributed by atoms with Gasteiger partial charge in [-0.25, -0.2) is 9.37 Å². The molecule has 0 fully saturated rings. The van der Waals surface area contributed by atoms with Crippen LogP contribution in [-0.4, -0.2) is 19.5 Å². The van der Waals surface area contributed by atoms with Crippen LogP contribution in [0.15, 0.2) is 58.2 Å². The second-order valence-corrected chi connectivity index (χ2v) is 6.63. The fourth-order valence-corrected chi connectivity index (χ4v) is 3.17. The molecule has 0 N–H and O–H groups in total. The molecule has 3 aromatic heterocycles. The van der Waals surface area contributed by atoms with Crippen molar-refractivity contribution in [1.29, 1.82) is 0 Å². The third-order valence-corrected chi connectivity index (χ3v) is 4.67. The Labute approximate surface area is 154 Å². The number of hydrogen-bond acceptors (Lipinski definition) is 5. The van der Waals surface area contributed by atoms with E-state index in [-0.39, 0.29) is 11.6 Å². The summed E-state index contributed by atoms with van der Waals surface area (Å²) >= 11 is 1.50. The van der Waals surface area contributed by atoms with E-state index in [9.17, 15) is 17.6 Å². The number of nitrogens with zero attached hydrogens (tertiary/aromatic N) is 4. The summed E-state index contributed by atoms with van der Waals surface area (Å²) in [4.78, 5) is 8.73. The Kier molecular flexibility index (Phi) is 4.34. The van der Waals surface area contributed by atoms with Crippen molar-refractivity contribution in [3.8, 4) is 11.4 Å². The lowest BCUT2D eigenvalue weighted by atomic mass is 10.3. The van der Waals surface area contributed by atoms with E-state index in [4.69, 9.17) is 0 Å². The normalized spacial score (nSPS) is 12.0. The van der Waals surface area contributed by atoms with Crippen LogP contribution in [0.2, 0.25) is 0 Å². The smallest absolute Gasteiger partial charge is 0.329 e. The van der Waals surface area contributed by atoms with Crippen LogP contribution in [0.1, 0.15) is 11.6 Å². The first kappa shape index (κ1) is 17.5. The molecular formula is C17H10F4N4OS. The average Bonchev–Trinajstić information content (AvgIpc) is 3.27. The summed E-state index contributed by atoms with van der Waals surface area (Å²) in [7, 11) is 0. The number of thioether (sulfide) groups is 1. The predicted molar refractivity (Wildman–Crippen MR) is 89.4 cm³/mol. The minimum atomic E-state index is -4.69. The van der Waals surface area contributed by atoms with Crippen LogP contribution >= 0.6 is 11.8 Å². The quantitative estimate of drug-likeness (QED) is 0.366. The van der Waals surface area contributed by atoms with Gasteiger partial charge in [0.05, 0.1) is 5.69 Å². The van der Waals surface area contributed by atoms with Gasteiger partial charge < -0.3 is 8.92 Å². The standard InChI is InChI=1S/C17H10F4N4OS/c18-11-2-4-13(5-3-11)27-9-12-8-25-7-10(1-6-14(25)22-12)15-23-16(26-24-15)17(19,20)21/h1-8H,9H2. The van der Waals surface area contributed by atoms with E-state index in [0.717, 1.165) is 10.6 Å². The van der Waals surface area contributed by atoms with Gasteiger partial charge in [-0.05, 0) is 36.4 Å². The van der Waals surface area contributed by atoms with E-state index in [1.807, 2.05) is 0 Å². The molecule has 0 unspecified atom stereocenters. The van der Waals surface area contributed by atoms with Gasteiger partial charge in [-0.2, -0.15) is 18.2 Å². The number of aromatic nitrogens is 4. The molecule has 3 heterocycles. The zero-order valence-electron chi connectivity index (χ0n) is 13.4. The molecule has 0 aliphatic rings. The molecule has 0 saturated heterocycles. The van der Waals surface area contributed by atoms with Crippen molar-refractivity contribution in [1.82, 2.24) is 19.5 Å². The molecule has 138 valence electrons. The zero-order chi connectivity index (χ0) is 19.0. The number of rotatable bonds is 4. The molecule has 0 spiro atoms. The molecular weight excluding hydrogens is 384 g/mol. The number of benzene rings is 1. The van der Waals surface area contributed by atoms with Gasteiger partial charge >= 0.3 is 12.1 Å². The minimum absolute atomic E-state index is 0.153. The first-order valence-electron chi connectivity index (χ1n) is 7.66. The second-order valence-electron chi connectivity index (χ2n) is 5.58. The van der Waals surface area contributed by atoms with Crippen molar-refractivity contribution >= 4 is 17.4 Å². The highest BCUT2D eigenvalue weighted by Crippen LogP contribution is 2.29. The third-order valence-electron chi connectivity index (χ3n) is 3.63. The number of halogens is 4. The summed E-state index contributed by atoms with van der Waals surface area (Å²) in [5.74, 6) is -1.28. The van der Waals surface area contributed by atoms with Crippen LogP contribution in [-0.2, 0) is 11.9 Å². The van der Waals surface area contributed by atoms with Gasteiger partial charge in [-0.15, -0.1) is 11.8 Å². The maximum atomic E-state index is 12.9. The maximum absolute atomic E-state index is 12.9. The van der Waals surface area contributed by atoms with Crippen LogP contribution in [0.3, 0.4) is 0 Å². The van der Waals surface area contributed by atoms with Gasteiger partial charge in [0.1, 0.15) is 11.5 Å². The van der Waals surface area contributed by atoms with Gasteiger partial charge in [-0.1, -0.05) is 5.16 Å². The highest BCUT2D eigenvalue weighted by Gasteiger charge is 2.38. The lowest BCUT2D eigenvalue weighted by molar-refractivity contribution is -0.159. The molecule has 0 saturated carbocycles. The highest BCUT2D eigenvalue weighted by molar-refractivity contribution is 7.98. The summed E-state index contributed by atoms with van der Waals surface area (Å²) in [6, 6.07) is 9.37. The number of fused-ring (bicyclic) bond motifs is 1. The monoisotopic (exact) mass is 394 g/mol. The number of hydrogen-bond donors (Lipinski definition) is 0. The summed E-state index contributed by atoms with van der Waals surface area (Å²) in [5, 5.41) is 3.38. The minimum Gasteiger partial charge on any atom is -0.329 e. The summed E-state index contributed by atoms with van der Waals surface area (Å²) in [6.07, 6.45) is -1.34. The fourth-order valence-electron chi connectivity index (χ4n) is 2.39. The van der Waals surface area contributed by atoms with Crippen molar-refractivity contribution in [2.45, 2.75) is 16.8 Å². The predicted octanol–water partition coefficient (Wildman–Crippen LogP) is 4.83. The van der Waals surface area contributed by atoms with E-state index in [2.05, 4.69) is 19.6 Å². The Morgan fingerprint density at radius 3 is 2.48 bits per heavy atom. The van der Waals surface area contributed by atoms with Gasteiger partial charge in [0.15, 0.2) is 0 Å². The van der Waals surface area contributed by atoms with Crippen molar-refractivity contribution < 1.29 is 22.1 Å². The molecule has 4 rings (SSSR count). The Balaban J connectivity index is 1.54. The first-order valence-corrected chi connectivity index (χ1v) is 8.64. The van der Waals surface area contributed by atoms with Crippen LogP contribution in [0.25, 0.3) is 17.0 Å². The van der Waals surface area contributed by atoms with Gasteiger partial charge in [0, 0.05) is 28.6 Å². The maximum Gasteiger partial charge on any atom is 0.471 e. The summed E-state index contributed by atoms with van der Waals surface area (Å²) < 4.78 is 56.6. The Morgan fingerprint density at radius 1 is 1.00 bits per heavy atom. The molecule has 0 aliphatic carbocycles. The largest absolute Gasteiger partial charge is 0.471 e. The topological polar surface area (TPSA) is 56.2 Å². The lowest BCUT2D eigenvalue weighted by Gasteiger charge is -1.98. The van der Waals surface area contributed by atoms with Crippen molar-refractivity contribution in [2.24, 2.45) is 0 Å². The van der Waals surface area contributed by atoms with Crippen LogP contribution in [0.5, 0.6) is 0 Å². The number of pyridine rings is 1. The van der Waals surface area contributed by atoms with Crippen molar-refractivity contribution in [3.05, 3.63) is 66.2 Å². The highest BCUT2D eigenvalue weighted by atomic mass is 32.2. The van der Waals surface area contributed by atoms with Crippen molar-refractivity contribution in [3.63, 3.8) is 0 Å². The molecule has 27 heavy (non-hydrogen) atoms. The third kappa shape index (κ3) is 3.80. The Bertz CT molecular complexity index is 1090.